The van der Waals surface area contributed by atoms with Crippen LogP contribution in [0.15, 0.2) is 47.4 Å². The van der Waals surface area contributed by atoms with Crippen molar-refractivity contribution >= 4 is 38.5 Å². The summed E-state index contributed by atoms with van der Waals surface area (Å²) in [5.41, 5.74) is 3.36. The molecule has 1 amide bonds. The number of aryl methyl sites for hydroxylation is 2. The van der Waals surface area contributed by atoms with Crippen LogP contribution in [-0.4, -0.2) is 31.4 Å². The predicted octanol–water partition coefficient (Wildman–Crippen LogP) is 2.62. The van der Waals surface area contributed by atoms with Gasteiger partial charge in [0.25, 0.3) is 5.91 Å². The van der Waals surface area contributed by atoms with Crippen LogP contribution in [0.1, 0.15) is 28.5 Å². The summed E-state index contributed by atoms with van der Waals surface area (Å²) in [4.78, 5) is 27.6. The maximum atomic E-state index is 12.4. The Balaban J connectivity index is 1.71. The van der Waals surface area contributed by atoms with Crippen molar-refractivity contribution in [2.45, 2.75) is 31.8 Å². The number of fused-ring (bicyclic) bond motifs is 1. The Labute approximate surface area is 168 Å². The highest BCUT2D eigenvalue weighted by molar-refractivity contribution is 7.89. The molecule has 0 spiro atoms. The quantitative estimate of drug-likeness (QED) is 0.551. The van der Waals surface area contributed by atoms with E-state index in [-0.39, 0.29) is 16.3 Å². The highest BCUT2D eigenvalue weighted by Gasteiger charge is 2.21. The molecule has 0 saturated heterocycles. The second-order valence-electron chi connectivity index (χ2n) is 6.84. The zero-order chi connectivity index (χ0) is 21.3. The van der Waals surface area contributed by atoms with E-state index in [1.54, 1.807) is 6.07 Å². The summed E-state index contributed by atoms with van der Waals surface area (Å²) in [5, 5.41) is 8.50. The number of benzene rings is 2. The lowest BCUT2D eigenvalue weighted by molar-refractivity contribution is -0.123. The van der Waals surface area contributed by atoms with Gasteiger partial charge in [-0.05, 0) is 62.2 Å². The number of sulfonamides is 1. The lowest BCUT2D eigenvalue weighted by Gasteiger charge is -2.13. The normalized spacial score (nSPS) is 12.6. The molecule has 1 atom stereocenters. The van der Waals surface area contributed by atoms with E-state index in [2.05, 4.69) is 10.3 Å². The molecule has 3 aromatic rings. The van der Waals surface area contributed by atoms with E-state index >= 15 is 0 Å². The number of H-pyrrole nitrogens is 1. The molecule has 9 heteroatoms. The largest absolute Gasteiger partial charge is 0.448 e. The number of anilines is 1. The van der Waals surface area contributed by atoms with Gasteiger partial charge < -0.3 is 15.0 Å². The van der Waals surface area contributed by atoms with Crippen molar-refractivity contribution in [1.29, 1.82) is 0 Å². The van der Waals surface area contributed by atoms with Crippen molar-refractivity contribution in [3.05, 3.63) is 59.3 Å². The average molecular weight is 415 g/mol. The minimum absolute atomic E-state index is 0.135. The molecule has 0 fully saturated rings. The Morgan fingerprint density at radius 2 is 1.86 bits per heavy atom. The number of hydrogen-bond donors (Lipinski definition) is 3. The highest BCUT2D eigenvalue weighted by Crippen LogP contribution is 2.22. The van der Waals surface area contributed by atoms with Gasteiger partial charge in [0, 0.05) is 16.6 Å². The number of carbonyl (C=O) groups is 2. The summed E-state index contributed by atoms with van der Waals surface area (Å²) < 4.78 is 28.1. The van der Waals surface area contributed by atoms with Crippen molar-refractivity contribution in [3.8, 4) is 0 Å². The standard InChI is InChI=1S/C20H21N3O5S/c1-11-7-12(2)16-10-18(23-17(16)8-11)20(25)28-13(3)19(24)22-14-5-4-6-15(9-14)29(21,26)27/h4-10,13,23H,1-3H3,(H,22,24)(H2,21,26,27). The predicted molar refractivity (Wildman–Crippen MR) is 109 cm³/mol. The summed E-state index contributed by atoms with van der Waals surface area (Å²) in [6, 6.07) is 11.1. The number of esters is 1. The van der Waals surface area contributed by atoms with Crippen LogP contribution < -0.4 is 10.5 Å². The number of primary sulfonamides is 1. The van der Waals surface area contributed by atoms with Gasteiger partial charge in [0.1, 0.15) is 5.69 Å². The molecule has 1 heterocycles. The number of nitrogens with one attached hydrogen (secondary N) is 2. The van der Waals surface area contributed by atoms with E-state index in [1.165, 1.54) is 31.2 Å². The summed E-state index contributed by atoms with van der Waals surface area (Å²) >= 11 is 0. The molecule has 0 aliphatic heterocycles. The maximum absolute atomic E-state index is 12.4. The smallest absolute Gasteiger partial charge is 0.355 e. The minimum Gasteiger partial charge on any atom is -0.448 e. The zero-order valence-electron chi connectivity index (χ0n) is 16.1. The van der Waals surface area contributed by atoms with Crippen LogP contribution in [0.3, 0.4) is 0 Å². The summed E-state index contributed by atoms with van der Waals surface area (Å²) in [6.45, 7) is 5.33. The van der Waals surface area contributed by atoms with Crippen LogP contribution in [0.4, 0.5) is 5.69 Å². The first kappa shape index (κ1) is 20.6. The number of carbonyl (C=O) groups excluding carboxylic acids is 2. The van der Waals surface area contributed by atoms with Crippen LogP contribution in [0.5, 0.6) is 0 Å². The second kappa shape index (κ2) is 7.69. The first-order chi connectivity index (χ1) is 13.5. The fourth-order valence-corrected chi connectivity index (χ4v) is 3.54. The lowest BCUT2D eigenvalue weighted by Crippen LogP contribution is -2.30. The average Bonchev–Trinajstić information content (AvgIpc) is 3.05. The van der Waals surface area contributed by atoms with Crippen LogP contribution >= 0.6 is 0 Å². The van der Waals surface area contributed by atoms with Gasteiger partial charge in [0.05, 0.1) is 4.90 Å². The van der Waals surface area contributed by atoms with Crippen molar-refractivity contribution in [1.82, 2.24) is 4.98 Å². The van der Waals surface area contributed by atoms with Gasteiger partial charge in [-0.1, -0.05) is 12.1 Å². The summed E-state index contributed by atoms with van der Waals surface area (Å²) in [6.07, 6.45) is -1.10. The second-order valence-corrected chi connectivity index (χ2v) is 8.40. The third kappa shape index (κ3) is 4.64. The minimum atomic E-state index is -3.90. The highest BCUT2D eigenvalue weighted by atomic mass is 32.2. The first-order valence-corrected chi connectivity index (χ1v) is 10.3. The molecule has 8 nitrogen and oxygen atoms in total. The Morgan fingerprint density at radius 3 is 2.55 bits per heavy atom. The maximum Gasteiger partial charge on any atom is 0.355 e. The molecule has 0 aliphatic rings. The Kier molecular flexibility index (Phi) is 5.45. The molecule has 0 radical (unpaired) electrons. The number of hydrogen-bond acceptors (Lipinski definition) is 5. The van der Waals surface area contributed by atoms with Gasteiger partial charge in [-0.15, -0.1) is 0 Å². The van der Waals surface area contributed by atoms with Gasteiger partial charge in [0.15, 0.2) is 6.10 Å². The number of rotatable bonds is 5. The fourth-order valence-electron chi connectivity index (χ4n) is 2.98. The molecule has 0 aliphatic carbocycles. The van der Waals surface area contributed by atoms with Crippen molar-refractivity contribution in [2.24, 2.45) is 5.14 Å². The van der Waals surface area contributed by atoms with E-state index in [9.17, 15) is 18.0 Å². The Bertz CT molecular complexity index is 1210. The number of ether oxygens (including phenoxy) is 1. The van der Waals surface area contributed by atoms with Gasteiger partial charge in [-0.2, -0.15) is 0 Å². The molecule has 0 bridgehead atoms. The van der Waals surface area contributed by atoms with Gasteiger partial charge in [-0.3, -0.25) is 4.79 Å². The van der Waals surface area contributed by atoms with Crippen LogP contribution in [-0.2, 0) is 19.6 Å². The van der Waals surface area contributed by atoms with Crippen LogP contribution in [0.25, 0.3) is 10.9 Å². The SMILES string of the molecule is Cc1cc(C)c2cc(C(=O)OC(C)C(=O)Nc3cccc(S(N)(=O)=O)c3)[nH]c2c1. The first-order valence-electron chi connectivity index (χ1n) is 8.79. The molecule has 1 unspecified atom stereocenters. The van der Waals surface area contributed by atoms with Gasteiger partial charge in [0.2, 0.25) is 10.0 Å². The molecule has 0 saturated carbocycles. The Hall–Kier alpha value is -3.17. The molecule has 29 heavy (non-hydrogen) atoms. The van der Waals surface area contributed by atoms with E-state index in [4.69, 9.17) is 9.88 Å². The summed E-state index contributed by atoms with van der Waals surface area (Å²) in [5.74, 6) is -1.27. The third-order valence-electron chi connectivity index (χ3n) is 4.39. The van der Waals surface area contributed by atoms with E-state index in [0.29, 0.717) is 0 Å². The van der Waals surface area contributed by atoms with Crippen molar-refractivity contribution in [3.63, 3.8) is 0 Å². The number of amides is 1. The molecule has 4 N–H and O–H groups in total. The van der Waals surface area contributed by atoms with Crippen LogP contribution in [0.2, 0.25) is 0 Å². The fraction of sp³-hybridized carbons (Fsp3) is 0.200. The zero-order valence-corrected chi connectivity index (χ0v) is 17.0. The molecular weight excluding hydrogens is 394 g/mol. The molecule has 152 valence electrons. The third-order valence-corrected chi connectivity index (χ3v) is 5.30. The van der Waals surface area contributed by atoms with Crippen LogP contribution in [0, 0.1) is 13.8 Å². The number of nitrogens with two attached hydrogens (primary N) is 1. The Morgan fingerprint density at radius 1 is 1.14 bits per heavy atom. The van der Waals surface area contributed by atoms with E-state index in [0.717, 1.165) is 22.0 Å². The van der Waals surface area contributed by atoms with Crippen molar-refractivity contribution in [2.75, 3.05) is 5.32 Å². The monoisotopic (exact) mass is 415 g/mol. The van der Waals surface area contributed by atoms with Gasteiger partial charge >= 0.3 is 5.97 Å². The lowest BCUT2D eigenvalue weighted by atomic mass is 10.1. The molecule has 3 rings (SSSR count). The summed E-state index contributed by atoms with van der Waals surface area (Å²) in [7, 11) is -3.90. The van der Waals surface area contributed by atoms with Crippen molar-refractivity contribution < 1.29 is 22.7 Å². The molecule has 1 aromatic heterocycles. The van der Waals surface area contributed by atoms with E-state index < -0.39 is 28.0 Å². The number of aromatic nitrogens is 1. The molecular formula is C20H21N3O5S. The number of aromatic amines is 1. The van der Waals surface area contributed by atoms with E-state index in [1.807, 2.05) is 26.0 Å². The molecule has 2 aromatic carbocycles. The topological polar surface area (TPSA) is 131 Å². The van der Waals surface area contributed by atoms with Gasteiger partial charge in [-0.25, -0.2) is 18.4 Å².